The lowest BCUT2D eigenvalue weighted by atomic mass is 10.0. The van der Waals surface area contributed by atoms with Crippen molar-refractivity contribution in [3.05, 3.63) is 84.2 Å². The number of halogens is 3. The Kier molecular flexibility index (Phi) is 5.70. The summed E-state index contributed by atoms with van der Waals surface area (Å²) in [5.74, 6) is -2.93. The molecule has 166 valence electrons. The van der Waals surface area contributed by atoms with E-state index in [4.69, 9.17) is 5.73 Å². The van der Waals surface area contributed by atoms with Gasteiger partial charge in [0.2, 0.25) is 5.91 Å². The van der Waals surface area contributed by atoms with E-state index in [1.54, 1.807) is 18.2 Å². The van der Waals surface area contributed by atoms with Crippen molar-refractivity contribution < 1.29 is 22.8 Å². The molecule has 4 rings (SSSR count). The van der Waals surface area contributed by atoms with E-state index in [2.05, 4.69) is 10.3 Å². The molecule has 3 N–H and O–H groups in total. The van der Waals surface area contributed by atoms with Gasteiger partial charge in [-0.2, -0.15) is 0 Å². The molecule has 0 bridgehead atoms. The van der Waals surface area contributed by atoms with Crippen LogP contribution in [0.15, 0.2) is 66.7 Å². The molecule has 0 radical (unpaired) electrons. The van der Waals surface area contributed by atoms with Crippen LogP contribution in [0.4, 0.5) is 35.2 Å². The number of rotatable bonds is 4. The average Bonchev–Trinajstić information content (AvgIpc) is 2.75. The van der Waals surface area contributed by atoms with E-state index < -0.39 is 29.2 Å². The summed E-state index contributed by atoms with van der Waals surface area (Å²) in [6, 6.07) is 13.8. The quantitative estimate of drug-likeness (QED) is 0.431. The Morgan fingerprint density at radius 3 is 2.21 bits per heavy atom. The van der Waals surface area contributed by atoms with E-state index >= 15 is 0 Å². The molecule has 1 aromatic heterocycles. The molecule has 9 heteroatoms. The number of hydrogen-bond acceptors (Lipinski definition) is 3. The Bertz CT molecular complexity index is 1370. The number of carbonyl (C=O) groups is 2. The number of primary amides is 1. The highest BCUT2D eigenvalue weighted by Gasteiger charge is 2.25. The lowest BCUT2D eigenvalue weighted by Gasteiger charge is -2.22. The van der Waals surface area contributed by atoms with Crippen molar-refractivity contribution >= 4 is 39.9 Å². The number of hydrogen-bond donors (Lipinski definition) is 2. The summed E-state index contributed by atoms with van der Waals surface area (Å²) in [6.45, 7) is 1.35. The molecule has 0 aliphatic carbocycles. The number of nitrogens with one attached hydrogen (secondary N) is 1. The third kappa shape index (κ3) is 4.33. The van der Waals surface area contributed by atoms with Crippen molar-refractivity contribution in [1.82, 2.24) is 4.98 Å². The Balaban J connectivity index is 2.01. The number of benzene rings is 3. The molecule has 0 unspecified atom stereocenters. The van der Waals surface area contributed by atoms with Gasteiger partial charge in [-0.15, -0.1) is 0 Å². The number of nitrogens with two attached hydrogens (primary N) is 1. The van der Waals surface area contributed by atoms with Gasteiger partial charge in [-0.25, -0.2) is 27.8 Å². The average molecular weight is 450 g/mol. The van der Waals surface area contributed by atoms with E-state index in [0.717, 1.165) is 18.2 Å². The van der Waals surface area contributed by atoms with Crippen LogP contribution >= 0.6 is 0 Å². The van der Waals surface area contributed by atoms with Crippen LogP contribution in [0, 0.1) is 17.5 Å². The molecule has 4 aromatic rings. The number of para-hydroxylation sites is 1. The predicted octanol–water partition coefficient (Wildman–Crippen LogP) is 5.49. The monoisotopic (exact) mass is 450 g/mol. The van der Waals surface area contributed by atoms with Gasteiger partial charge < -0.3 is 11.1 Å². The number of pyridine rings is 1. The number of fused-ring (bicyclic) bond motifs is 1. The fraction of sp³-hybridized carbons (Fsp3) is 0.0417. The molecular weight excluding hydrogens is 433 g/mol. The molecule has 33 heavy (non-hydrogen) atoms. The number of urea groups is 1. The lowest BCUT2D eigenvalue weighted by molar-refractivity contribution is -0.114. The highest BCUT2D eigenvalue weighted by molar-refractivity contribution is 6.04. The summed E-state index contributed by atoms with van der Waals surface area (Å²) >= 11 is 0. The van der Waals surface area contributed by atoms with Crippen LogP contribution in [-0.4, -0.2) is 16.9 Å². The van der Waals surface area contributed by atoms with Crippen LogP contribution in [0.3, 0.4) is 0 Å². The van der Waals surface area contributed by atoms with Crippen molar-refractivity contribution in [2.45, 2.75) is 6.92 Å². The van der Waals surface area contributed by atoms with Gasteiger partial charge in [-0.3, -0.25) is 4.79 Å². The van der Waals surface area contributed by atoms with Gasteiger partial charge in [0.25, 0.3) is 0 Å². The molecule has 6 nitrogen and oxygen atoms in total. The third-order valence-corrected chi connectivity index (χ3v) is 4.87. The molecule has 3 aromatic carbocycles. The van der Waals surface area contributed by atoms with Gasteiger partial charge in [0.05, 0.1) is 5.69 Å². The maximum Gasteiger partial charge on any atom is 0.325 e. The van der Waals surface area contributed by atoms with Crippen LogP contribution < -0.4 is 16.0 Å². The van der Waals surface area contributed by atoms with Crippen molar-refractivity contribution in [2.75, 3.05) is 10.2 Å². The summed E-state index contributed by atoms with van der Waals surface area (Å²) in [7, 11) is 0. The molecule has 0 saturated heterocycles. The summed E-state index contributed by atoms with van der Waals surface area (Å²) < 4.78 is 42.6. The Morgan fingerprint density at radius 2 is 1.61 bits per heavy atom. The third-order valence-electron chi connectivity index (χ3n) is 4.87. The SMILES string of the molecule is CC(=O)Nc1ccc2c(-c3ccc(F)cc3)nc(N(C(N)=O)c3c(F)cccc3F)cc2c1. The van der Waals surface area contributed by atoms with Crippen molar-refractivity contribution in [2.24, 2.45) is 5.73 Å². The van der Waals surface area contributed by atoms with Crippen LogP contribution in [0.25, 0.3) is 22.0 Å². The summed E-state index contributed by atoms with van der Waals surface area (Å²) in [4.78, 5) is 28.9. The normalized spacial score (nSPS) is 10.8. The Morgan fingerprint density at radius 1 is 0.939 bits per heavy atom. The minimum atomic E-state index is -1.16. The molecule has 1 heterocycles. The summed E-state index contributed by atoms with van der Waals surface area (Å²) in [5.41, 5.74) is 6.09. The number of amides is 3. The molecule has 0 atom stereocenters. The van der Waals surface area contributed by atoms with Crippen molar-refractivity contribution in [1.29, 1.82) is 0 Å². The van der Waals surface area contributed by atoms with Crippen molar-refractivity contribution in [3.63, 3.8) is 0 Å². The number of anilines is 3. The lowest BCUT2D eigenvalue weighted by Crippen LogP contribution is -2.33. The first-order valence-corrected chi connectivity index (χ1v) is 9.76. The van der Waals surface area contributed by atoms with Gasteiger partial charge in [0, 0.05) is 23.6 Å². The minimum absolute atomic E-state index is 0.154. The second-order valence-corrected chi connectivity index (χ2v) is 7.20. The second-order valence-electron chi connectivity index (χ2n) is 7.20. The van der Waals surface area contributed by atoms with E-state index in [1.807, 2.05) is 0 Å². The van der Waals surface area contributed by atoms with Gasteiger partial charge in [-0.05, 0) is 60.0 Å². The zero-order chi connectivity index (χ0) is 23.7. The Labute approximate surface area is 186 Å². The first kappa shape index (κ1) is 21.8. The van der Waals surface area contributed by atoms with Crippen LogP contribution in [0.1, 0.15) is 6.92 Å². The minimum Gasteiger partial charge on any atom is -0.351 e. The molecule has 0 fully saturated rings. The first-order chi connectivity index (χ1) is 15.7. The maximum absolute atomic E-state index is 14.5. The zero-order valence-corrected chi connectivity index (χ0v) is 17.3. The van der Waals surface area contributed by atoms with Crippen LogP contribution in [0.5, 0.6) is 0 Å². The maximum atomic E-state index is 14.5. The molecule has 0 aliphatic heterocycles. The van der Waals surface area contributed by atoms with Gasteiger partial charge in [0.15, 0.2) is 0 Å². The van der Waals surface area contributed by atoms with Gasteiger partial charge >= 0.3 is 6.03 Å². The summed E-state index contributed by atoms with van der Waals surface area (Å²) in [5, 5.41) is 3.74. The predicted molar refractivity (Wildman–Crippen MR) is 120 cm³/mol. The molecular formula is C24H17F3N4O2. The second kappa shape index (κ2) is 8.62. The number of carbonyl (C=O) groups excluding carboxylic acids is 2. The molecule has 0 aliphatic rings. The first-order valence-electron chi connectivity index (χ1n) is 9.76. The standard InChI is InChI=1S/C24H17F3N4O2/c1-13(32)29-17-9-10-18-15(11-17)12-21(30-22(18)14-5-7-16(25)8-6-14)31(24(28)33)23-19(26)3-2-4-20(23)27/h2-12H,1H3,(H2,28,33)(H,29,32). The molecule has 0 spiro atoms. The van der Waals surface area contributed by atoms with Crippen LogP contribution in [-0.2, 0) is 4.79 Å². The largest absolute Gasteiger partial charge is 0.351 e. The van der Waals surface area contributed by atoms with E-state index in [0.29, 0.717) is 32.6 Å². The van der Waals surface area contributed by atoms with Gasteiger partial charge in [0.1, 0.15) is 29.0 Å². The molecule has 0 saturated carbocycles. The molecule has 3 amide bonds. The Hall–Kier alpha value is -4.40. The smallest absolute Gasteiger partial charge is 0.325 e. The summed E-state index contributed by atoms with van der Waals surface area (Å²) in [6.07, 6.45) is 0. The zero-order valence-electron chi connectivity index (χ0n) is 17.3. The van der Waals surface area contributed by atoms with Crippen molar-refractivity contribution in [3.8, 4) is 11.3 Å². The topological polar surface area (TPSA) is 88.3 Å². The fourth-order valence-corrected chi connectivity index (χ4v) is 3.51. The van der Waals surface area contributed by atoms with Gasteiger partial charge in [-0.1, -0.05) is 12.1 Å². The highest BCUT2D eigenvalue weighted by Crippen LogP contribution is 2.36. The number of aromatic nitrogens is 1. The number of nitrogens with zero attached hydrogens (tertiary/aromatic N) is 2. The van der Waals surface area contributed by atoms with E-state index in [9.17, 15) is 22.8 Å². The van der Waals surface area contributed by atoms with E-state index in [1.165, 1.54) is 37.3 Å². The van der Waals surface area contributed by atoms with E-state index in [-0.39, 0.29) is 11.7 Å². The highest BCUT2D eigenvalue weighted by atomic mass is 19.1. The fourth-order valence-electron chi connectivity index (χ4n) is 3.51. The van der Waals surface area contributed by atoms with Crippen LogP contribution in [0.2, 0.25) is 0 Å².